The van der Waals surface area contributed by atoms with Crippen molar-refractivity contribution in [3.63, 3.8) is 0 Å². The monoisotopic (exact) mass is 396 g/mol. The van der Waals surface area contributed by atoms with Crippen molar-refractivity contribution >= 4 is 16.8 Å². The maximum absolute atomic E-state index is 13.1. The van der Waals surface area contributed by atoms with Gasteiger partial charge in [0.05, 0.1) is 5.92 Å². The molecule has 1 heterocycles. The zero-order chi connectivity index (χ0) is 20.9. The number of pyridine rings is 1. The molecule has 0 radical (unpaired) electrons. The molecule has 4 aromatic rings. The number of rotatable bonds is 6. The molecule has 0 atom stereocenters. The summed E-state index contributed by atoms with van der Waals surface area (Å²) in [6, 6.07) is 27.4. The zero-order valence-corrected chi connectivity index (χ0v) is 16.9. The van der Waals surface area contributed by atoms with Crippen molar-refractivity contribution in [2.45, 2.75) is 19.3 Å². The normalized spacial score (nSPS) is 11.0. The molecule has 0 spiro atoms. The Morgan fingerprint density at radius 1 is 0.900 bits per heavy atom. The number of carbonyl (C=O) groups is 1. The molecule has 0 aliphatic heterocycles. The Bertz CT molecular complexity index is 1170. The highest BCUT2D eigenvalue weighted by molar-refractivity contribution is 5.87. The lowest BCUT2D eigenvalue weighted by Gasteiger charge is -2.18. The van der Waals surface area contributed by atoms with E-state index in [1.54, 1.807) is 0 Å². The molecule has 0 saturated carbocycles. The van der Waals surface area contributed by atoms with Gasteiger partial charge in [0, 0.05) is 17.6 Å². The van der Waals surface area contributed by atoms with E-state index in [-0.39, 0.29) is 17.4 Å². The first-order valence-electron chi connectivity index (χ1n) is 10.1. The van der Waals surface area contributed by atoms with Gasteiger partial charge >= 0.3 is 0 Å². The predicted octanol–water partition coefficient (Wildman–Crippen LogP) is 4.33. The van der Waals surface area contributed by atoms with Crippen LogP contribution >= 0.6 is 0 Å². The molecule has 3 aromatic carbocycles. The molecule has 0 aliphatic carbocycles. The number of hydrogen-bond donors (Lipinski definition) is 2. The number of aryl methyl sites for hydroxylation is 1. The summed E-state index contributed by atoms with van der Waals surface area (Å²) in [4.78, 5) is 28.4. The van der Waals surface area contributed by atoms with Crippen molar-refractivity contribution in [3.05, 3.63) is 118 Å². The van der Waals surface area contributed by atoms with Gasteiger partial charge in [-0.3, -0.25) is 9.59 Å². The molecule has 4 heteroatoms. The highest BCUT2D eigenvalue weighted by Gasteiger charge is 2.22. The van der Waals surface area contributed by atoms with Crippen LogP contribution in [0.4, 0.5) is 0 Å². The molecule has 0 unspecified atom stereocenters. The van der Waals surface area contributed by atoms with E-state index in [4.69, 9.17) is 0 Å². The zero-order valence-electron chi connectivity index (χ0n) is 16.9. The third-order valence-electron chi connectivity index (χ3n) is 5.30. The predicted molar refractivity (Wildman–Crippen MR) is 121 cm³/mol. The Hall–Kier alpha value is -3.66. The highest BCUT2D eigenvalue weighted by atomic mass is 16.2. The van der Waals surface area contributed by atoms with E-state index in [1.165, 1.54) is 0 Å². The van der Waals surface area contributed by atoms with Gasteiger partial charge in [-0.25, -0.2) is 0 Å². The van der Waals surface area contributed by atoms with E-state index in [9.17, 15) is 9.59 Å². The van der Waals surface area contributed by atoms with Crippen LogP contribution in [0.15, 0.2) is 89.7 Å². The summed E-state index contributed by atoms with van der Waals surface area (Å²) in [5, 5.41) is 4.01. The third-order valence-corrected chi connectivity index (χ3v) is 5.30. The average molecular weight is 396 g/mol. The summed E-state index contributed by atoms with van der Waals surface area (Å²) in [5.41, 5.74) is 4.39. The van der Waals surface area contributed by atoms with Crippen LogP contribution in [0.5, 0.6) is 0 Å². The average Bonchev–Trinajstić information content (AvgIpc) is 2.76. The van der Waals surface area contributed by atoms with Crippen molar-refractivity contribution in [1.82, 2.24) is 10.3 Å². The fourth-order valence-corrected chi connectivity index (χ4v) is 3.75. The van der Waals surface area contributed by atoms with Crippen LogP contribution < -0.4 is 10.9 Å². The van der Waals surface area contributed by atoms with Crippen LogP contribution in [0.2, 0.25) is 0 Å². The van der Waals surface area contributed by atoms with Crippen molar-refractivity contribution in [1.29, 1.82) is 0 Å². The van der Waals surface area contributed by atoms with Gasteiger partial charge in [-0.2, -0.15) is 0 Å². The van der Waals surface area contributed by atoms with Crippen LogP contribution in [0.25, 0.3) is 10.9 Å². The fourth-order valence-electron chi connectivity index (χ4n) is 3.75. The Labute approximate surface area is 175 Å². The van der Waals surface area contributed by atoms with Gasteiger partial charge in [-0.1, -0.05) is 72.8 Å². The second-order valence-corrected chi connectivity index (χ2v) is 7.51. The second-order valence-electron chi connectivity index (χ2n) is 7.51. The Morgan fingerprint density at radius 3 is 2.17 bits per heavy atom. The smallest absolute Gasteiger partial charge is 0.251 e. The minimum absolute atomic E-state index is 0.0692. The number of hydrogen-bond acceptors (Lipinski definition) is 2. The second kappa shape index (κ2) is 8.78. The lowest BCUT2D eigenvalue weighted by atomic mass is 9.90. The van der Waals surface area contributed by atoms with Crippen LogP contribution in [0, 0.1) is 6.92 Å². The molecule has 0 aliphatic rings. The Balaban J connectivity index is 1.50. The van der Waals surface area contributed by atoms with Crippen molar-refractivity contribution in [3.8, 4) is 0 Å². The van der Waals surface area contributed by atoms with Gasteiger partial charge in [-0.15, -0.1) is 0 Å². The first kappa shape index (κ1) is 19.6. The van der Waals surface area contributed by atoms with E-state index in [2.05, 4.69) is 10.3 Å². The summed E-state index contributed by atoms with van der Waals surface area (Å²) in [5.74, 6) is -0.453. The molecule has 2 N–H and O–H groups in total. The first-order chi connectivity index (χ1) is 14.6. The van der Waals surface area contributed by atoms with E-state index in [0.29, 0.717) is 18.5 Å². The molecule has 1 amide bonds. The lowest BCUT2D eigenvalue weighted by molar-refractivity contribution is -0.121. The van der Waals surface area contributed by atoms with Crippen LogP contribution in [0.1, 0.15) is 28.2 Å². The molecule has 0 bridgehead atoms. The van der Waals surface area contributed by atoms with E-state index >= 15 is 0 Å². The number of H-pyrrole nitrogens is 1. The number of amides is 1. The summed E-state index contributed by atoms with van der Waals surface area (Å²) < 4.78 is 0. The third kappa shape index (κ3) is 4.33. The number of aromatic amines is 1. The highest BCUT2D eigenvalue weighted by Crippen LogP contribution is 2.24. The molecule has 0 saturated heterocycles. The minimum atomic E-state index is -0.384. The van der Waals surface area contributed by atoms with Gasteiger partial charge in [-0.05, 0) is 47.6 Å². The molecular weight excluding hydrogens is 372 g/mol. The Kier molecular flexibility index (Phi) is 5.75. The van der Waals surface area contributed by atoms with Crippen molar-refractivity contribution < 1.29 is 4.79 Å². The van der Waals surface area contributed by atoms with Gasteiger partial charge in [0.25, 0.3) is 5.56 Å². The molecular formula is C26H24N2O2. The lowest BCUT2D eigenvalue weighted by Crippen LogP contribution is -2.32. The molecule has 1 aromatic heterocycles. The summed E-state index contributed by atoms with van der Waals surface area (Å²) in [7, 11) is 0. The maximum Gasteiger partial charge on any atom is 0.251 e. The minimum Gasteiger partial charge on any atom is -0.355 e. The van der Waals surface area contributed by atoms with E-state index < -0.39 is 0 Å². The van der Waals surface area contributed by atoms with Gasteiger partial charge < -0.3 is 10.3 Å². The number of nitrogens with one attached hydrogen (secondary N) is 2. The number of fused-ring (bicyclic) bond motifs is 1. The molecule has 150 valence electrons. The van der Waals surface area contributed by atoms with Gasteiger partial charge in [0.1, 0.15) is 0 Å². The summed E-state index contributed by atoms with van der Waals surface area (Å²) >= 11 is 0. The van der Waals surface area contributed by atoms with E-state index in [0.717, 1.165) is 27.6 Å². The van der Waals surface area contributed by atoms with Crippen molar-refractivity contribution in [2.75, 3.05) is 6.54 Å². The van der Waals surface area contributed by atoms with Crippen LogP contribution in [-0.4, -0.2) is 17.4 Å². The number of carbonyl (C=O) groups excluding carboxylic acids is 1. The largest absolute Gasteiger partial charge is 0.355 e. The molecule has 30 heavy (non-hydrogen) atoms. The van der Waals surface area contributed by atoms with Crippen LogP contribution in [0.3, 0.4) is 0 Å². The molecule has 4 rings (SSSR count). The fraction of sp³-hybridized carbons (Fsp3) is 0.154. The number of aromatic nitrogens is 1. The first-order valence-corrected chi connectivity index (χ1v) is 10.1. The maximum atomic E-state index is 13.1. The van der Waals surface area contributed by atoms with Crippen molar-refractivity contribution in [2.24, 2.45) is 0 Å². The van der Waals surface area contributed by atoms with E-state index in [1.807, 2.05) is 91.9 Å². The quantitative estimate of drug-likeness (QED) is 0.510. The SMILES string of the molecule is Cc1ccc2cc(CCNC(=O)C(c3ccccc3)c3ccccc3)c(=O)[nH]c2c1. The number of benzene rings is 3. The molecule has 4 nitrogen and oxygen atoms in total. The standard InChI is InChI=1S/C26H24N2O2/c1-18-12-13-21-17-22(25(29)28-23(21)16-18)14-15-27-26(30)24(19-8-4-2-5-9-19)20-10-6-3-7-11-20/h2-13,16-17,24H,14-15H2,1H3,(H,27,30)(H,28,29). The van der Waals surface area contributed by atoms with Gasteiger partial charge in [0.2, 0.25) is 5.91 Å². The topological polar surface area (TPSA) is 62.0 Å². The summed E-state index contributed by atoms with van der Waals surface area (Å²) in [6.07, 6.45) is 0.473. The Morgan fingerprint density at radius 2 is 1.53 bits per heavy atom. The summed E-state index contributed by atoms with van der Waals surface area (Å²) in [6.45, 7) is 2.40. The van der Waals surface area contributed by atoms with Gasteiger partial charge in [0.15, 0.2) is 0 Å². The molecule has 0 fully saturated rings. The van der Waals surface area contributed by atoms with Crippen LogP contribution in [-0.2, 0) is 11.2 Å².